The summed E-state index contributed by atoms with van der Waals surface area (Å²) in [5.41, 5.74) is 0.630. The van der Waals surface area contributed by atoms with Crippen LogP contribution in [0, 0.1) is 3.57 Å². The van der Waals surface area contributed by atoms with Crippen LogP contribution in [0.5, 0.6) is 0 Å². The van der Waals surface area contributed by atoms with Crippen molar-refractivity contribution in [2.24, 2.45) is 4.99 Å². The summed E-state index contributed by atoms with van der Waals surface area (Å²) in [5, 5.41) is 9.60. The predicted molar refractivity (Wildman–Crippen MR) is 113 cm³/mol. The van der Waals surface area contributed by atoms with Crippen molar-refractivity contribution in [1.29, 1.82) is 0 Å². The van der Waals surface area contributed by atoms with Crippen LogP contribution in [0.2, 0.25) is 0 Å². The standard InChI is InChI=1S/C17H12BrIN2O4S/c1-2-21-15(22)13(8-11-7-12(19)14(18)25-11)26-17(21)20-10-5-3-4-9(6-10)16(23)24/h3-8H,2H2,1H3,(H,23,24)/b13-8-,20-17?. The molecule has 1 fully saturated rings. The largest absolute Gasteiger partial charge is 0.478 e. The second-order valence-electron chi connectivity index (χ2n) is 5.18. The van der Waals surface area contributed by atoms with Gasteiger partial charge in [0, 0.05) is 12.6 Å². The van der Waals surface area contributed by atoms with Gasteiger partial charge in [-0.1, -0.05) is 6.07 Å². The van der Waals surface area contributed by atoms with E-state index in [2.05, 4.69) is 43.5 Å². The summed E-state index contributed by atoms with van der Waals surface area (Å²) in [6.45, 7) is 2.32. The third kappa shape index (κ3) is 4.04. The highest BCUT2D eigenvalue weighted by molar-refractivity contribution is 14.1. The van der Waals surface area contributed by atoms with Crippen LogP contribution in [0.15, 0.2) is 49.3 Å². The number of carbonyl (C=O) groups excluding carboxylic acids is 1. The molecule has 0 unspecified atom stereocenters. The lowest BCUT2D eigenvalue weighted by Gasteiger charge is -2.12. The van der Waals surface area contributed by atoms with Crippen molar-refractivity contribution >= 4 is 79.1 Å². The number of carbonyl (C=O) groups is 2. The van der Waals surface area contributed by atoms with E-state index in [1.807, 2.05) is 13.0 Å². The molecule has 26 heavy (non-hydrogen) atoms. The molecule has 0 radical (unpaired) electrons. The molecular weight excluding hydrogens is 535 g/mol. The SMILES string of the molecule is CCN1C(=O)/C(=C/c2cc(I)c(Br)o2)SC1=Nc1cccc(C(=O)O)c1. The van der Waals surface area contributed by atoms with Crippen LogP contribution >= 0.6 is 50.3 Å². The van der Waals surface area contributed by atoms with Crippen LogP contribution in [-0.4, -0.2) is 33.6 Å². The van der Waals surface area contributed by atoms with Crippen molar-refractivity contribution in [3.05, 3.63) is 54.8 Å². The number of nitrogens with zero attached hydrogens (tertiary/aromatic N) is 2. The van der Waals surface area contributed by atoms with E-state index in [9.17, 15) is 9.59 Å². The number of thioether (sulfide) groups is 1. The molecule has 1 aromatic carbocycles. The summed E-state index contributed by atoms with van der Waals surface area (Å²) in [6.07, 6.45) is 1.68. The molecular formula is C17H12BrIN2O4S. The highest BCUT2D eigenvalue weighted by atomic mass is 127. The van der Waals surface area contributed by atoms with Gasteiger partial charge in [-0.3, -0.25) is 9.69 Å². The van der Waals surface area contributed by atoms with E-state index in [1.54, 1.807) is 23.1 Å². The van der Waals surface area contributed by atoms with E-state index >= 15 is 0 Å². The number of amides is 1. The van der Waals surface area contributed by atoms with Crippen LogP contribution in [0.25, 0.3) is 6.08 Å². The van der Waals surface area contributed by atoms with Gasteiger partial charge in [-0.05, 0) is 81.5 Å². The maximum atomic E-state index is 12.6. The molecule has 1 amide bonds. The number of benzene rings is 1. The molecule has 2 aromatic rings. The molecule has 1 N–H and O–H groups in total. The molecule has 2 heterocycles. The second-order valence-corrected chi connectivity index (χ2v) is 8.07. The smallest absolute Gasteiger partial charge is 0.335 e. The lowest BCUT2D eigenvalue weighted by atomic mass is 10.2. The molecule has 0 spiro atoms. The zero-order valence-corrected chi connectivity index (χ0v) is 18.0. The fraction of sp³-hybridized carbons (Fsp3) is 0.118. The molecule has 0 bridgehead atoms. The first-order chi connectivity index (χ1) is 12.4. The summed E-state index contributed by atoms with van der Waals surface area (Å²) in [6, 6.07) is 8.12. The lowest BCUT2D eigenvalue weighted by molar-refractivity contribution is -0.122. The molecule has 134 valence electrons. The van der Waals surface area contributed by atoms with Gasteiger partial charge in [-0.25, -0.2) is 9.79 Å². The quantitative estimate of drug-likeness (QED) is 0.432. The van der Waals surface area contributed by atoms with Crippen molar-refractivity contribution in [2.45, 2.75) is 6.92 Å². The summed E-state index contributed by atoms with van der Waals surface area (Å²) in [4.78, 5) is 30.2. The average molecular weight is 547 g/mol. The predicted octanol–water partition coefficient (Wildman–Crippen LogP) is 4.97. The molecule has 3 rings (SSSR count). The Morgan fingerprint density at radius 2 is 2.23 bits per heavy atom. The van der Waals surface area contributed by atoms with Gasteiger partial charge < -0.3 is 9.52 Å². The first kappa shape index (κ1) is 19.2. The normalized spacial score (nSPS) is 17.5. The Morgan fingerprint density at radius 1 is 1.46 bits per heavy atom. The highest BCUT2D eigenvalue weighted by Crippen LogP contribution is 2.35. The van der Waals surface area contributed by atoms with Crippen LogP contribution in [0.3, 0.4) is 0 Å². The van der Waals surface area contributed by atoms with Crippen molar-refractivity contribution in [1.82, 2.24) is 4.90 Å². The van der Waals surface area contributed by atoms with Gasteiger partial charge in [0.15, 0.2) is 9.84 Å². The summed E-state index contributed by atoms with van der Waals surface area (Å²) < 4.78 is 7.06. The molecule has 1 aliphatic rings. The topological polar surface area (TPSA) is 83.1 Å². The fourth-order valence-electron chi connectivity index (χ4n) is 2.25. The number of carboxylic acid groups (broad SMARTS) is 1. The Hall–Kier alpha value is -1.59. The molecule has 1 aliphatic heterocycles. The summed E-state index contributed by atoms with van der Waals surface area (Å²) >= 11 is 6.67. The Morgan fingerprint density at radius 3 is 2.85 bits per heavy atom. The number of furan rings is 1. The van der Waals surface area contributed by atoms with Crippen molar-refractivity contribution < 1.29 is 19.1 Å². The monoisotopic (exact) mass is 546 g/mol. The minimum Gasteiger partial charge on any atom is -0.478 e. The van der Waals surface area contributed by atoms with Crippen molar-refractivity contribution in [3.63, 3.8) is 0 Å². The maximum Gasteiger partial charge on any atom is 0.335 e. The molecule has 1 saturated heterocycles. The van der Waals surface area contributed by atoms with Gasteiger partial charge >= 0.3 is 5.97 Å². The fourth-order valence-corrected chi connectivity index (χ4v) is 4.01. The third-order valence-electron chi connectivity index (χ3n) is 3.46. The maximum absolute atomic E-state index is 12.6. The van der Waals surface area contributed by atoms with E-state index in [1.165, 1.54) is 23.9 Å². The van der Waals surface area contributed by atoms with Crippen LogP contribution in [0.1, 0.15) is 23.0 Å². The third-order valence-corrected chi connectivity index (χ3v) is 6.60. The van der Waals surface area contributed by atoms with Gasteiger partial charge in [0.05, 0.1) is 19.7 Å². The molecule has 6 nitrogen and oxygen atoms in total. The Bertz CT molecular complexity index is 934. The van der Waals surface area contributed by atoms with Crippen LogP contribution < -0.4 is 0 Å². The van der Waals surface area contributed by atoms with E-state index in [4.69, 9.17) is 9.52 Å². The van der Waals surface area contributed by atoms with E-state index in [0.29, 0.717) is 32.7 Å². The molecule has 9 heteroatoms. The number of aromatic carboxylic acids is 1. The molecule has 0 atom stereocenters. The van der Waals surface area contributed by atoms with Gasteiger partial charge in [0.25, 0.3) is 5.91 Å². The van der Waals surface area contributed by atoms with E-state index < -0.39 is 5.97 Å². The van der Waals surface area contributed by atoms with Crippen LogP contribution in [0.4, 0.5) is 5.69 Å². The van der Waals surface area contributed by atoms with Crippen molar-refractivity contribution in [3.8, 4) is 0 Å². The second kappa shape index (κ2) is 7.97. The Kier molecular flexibility index (Phi) is 5.88. The first-order valence-electron chi connectivity index (χ1n) is 7.47. The number of hydrogen-bond acceptors (Lipinski definition) is 5. The first-order valence-corrected chi connectivity index (χ1v) is 10.2. The van der Waals surface area contributed by atoms with E-state index in [-0.39, 0.29) is 11.5 Å². The zero-order valence-electron chi connectivity index (χ0n) is 13.4. The van der Waals surface area contributed by atoms with Gasteiger partial charge in [0.1, 0.15) is 5.76 Å². The zero-order chi connectivity index (χ0) is 18.8. The molecule has 0 aliphatic carbocycles. The Balaban J connectivity index is 1.94. The number of aliphatic imine (C=N–C) groups is 1. The molecule has 0 saturated carbocycles. The number of carboxylic acids is 1. The number of likely N-dealkylation sites (N-methyl/N-ethyl adjacent to an activating group) is 1. The van der Waals surface area contributed by atoms with Gasteiger partial charge in [0.2, 0.25) is 0 Å². The minimum absolute atomic E-state index is 0.148. The Labute approximate surface area is 175 Å². The van der Waals surface area contributed by atoms with Gasteiger partial charge in [-0.2, -0.15) is 0 Å². The number of halogens is 2. The lowest BCUT2D eigenvalue weighted by Crippen LogP contribution is -2.28. The summed E-state index contributed by atoms with van der Waals surface area (Å²) in [7, 11) is 0. The molecule has 1 aromatic heterocycles. The van der Waals surface area contributed by atoms with Gasteiger partial charge in [-0.15, -0.1) is 0 Å². The average Bonchev–Trinajstić information content (AvgIpc) is 3.07. The van der Waals surface area contributed by atoms with Crippen molar-refractivity contribution in [2.75, 3.05) is 6.54 Å². The minimum atomic E-state index is -1.02. The van der Waals surface area contributed by atoms with Crippen LogP contribution in [-0.2, 0) is 4.79 Å². The number of rotatable bonds is 4. The summed E-state index contributed by atoms with van der Waals surface area (Å²) in [5.74, 6) is -0.608. The number of amidine groups is 1. The van der Waals surface area contributed by atoms with E-state index in [0.717, 1.165) is 3.57 Å². The highest BCUT2D eigenvalue weighted by Gasteiger charge is 2.32. The number of hydrogen-bond donors (Lipinski definition) is 1.